The summed E-state index contributed by atoms with van der Waals surface area (Å²) < 4.78 is 6.68. The predicted molar refractivity (Wildman–Crippen MR) is 87.3 cm³/mol. The molecule has 0 spiro atoms. The quantitative estimate of drug-likeness (QED) is 0.736. The number of anilines is 1. The lowest BCUT2D eigenvalue weighted by molar-refractivity contribution is 0.480. The Labute approximate surface area is 132 Å². The van der Waals surface area contributed by atoms with E-state index in [0.29, 0.717) is 18.5 Å². The van der Waals surface area contributed by atoms with E-state index in [-0.39, 0.29) is 5.92 Å². The van der Waals surface area contributed by atoms with Crippen molar-refractivity contribution in [2.75, 3.05) is 5.32 Å². The van der Waals surface area contributed by atoms with E-state index in [4.69, 9.17) is 16.0 Å². The molecular weight excluding hydrogens is 306 g/mol. The maximum atomic E-state index is 6.25. The SMILES string of the molecule is Cc1c(CNc2nnc(C(C)C)o2)sc2c(Cl)cccc12. The molecule has 4 nitrogen and oxygen atoms in total. The van der Waals surface area contributed by atoms with E-state index >= 15 is 0 Å². The summed E-state index contributed by atoms with van der Waals surface area (Å²) in [5, 5.41) is 13.2. The minimum absolute atomic E-state index is 0.234. The number of aromatic nitrogens is 2. The summed E-state index contributed by atoms with van der Waals surface area (Å²) >= 11 is 7.95. The molecule has 0 atom stereocenters. The Kier molecular flexibility index (Phi) is 3.87. The molecule has 2 aromatic heterocycles. The maximum absolute atomic E-state index is 6.25. The number of thiophene rings is 1. The number of hydrogen-bond acceptors (Lipinski definition) is 5. The molecule has 0 fully saturated rings. The molecule has 110 valence electrons. The van der Waals surface area contributed by atoms with Crippen LogP contribution in [0.3, 0.4) is 0 Å². The molecule has 21 heavy (non-hydrogen) atoms. The van der Waals surface area contributed by atoms with Gasteiger partial charge in [-0.15, -0.1) is 16.4 Å². The number of aryl methyl sites for hydroxylation is 1. The first-order chi connectivity index (χ1) is 10.1. The van der Waals surface area contributed by atoms with Crippen LogP contribution in [0.1, 0.15) is 36.1 Å². The predicted octanol–water partition coefficient (Wildman–Crippen LogP) is 4.98. The highest BCUT2D eigenvalue weighted by atomic mass is 35.5. The monoisotopic (exact) mass is 321 g/mol. The van der Waals surface area contributed by atoms with Crippen molar-refractivity contribution in [2.24, 2.45) is 0 Å². The van der Waals surface area contributed by atoms with E-state index in [1.165, 1.54) is 15.8 Å². The topological polar surface area (TPSA) is 51.0 Å². The van der Waals surface area contributed by atoms with Gasteiger partial charge in [-0.1, -0.05) is 42.7 Å². The van der Waals surface area contributed by atoms with Gasteiger partial charge in [0.2, 0.25) is 5.89 Å². The molecule has 2 heterocycles. The van der Waals surface area contributed by atoms with E-state index in [1.54, 1.807) is 11.3 Å². The van der Waals surface area contributed by atoms with Crippen LogP contribution in [0.5, 0.6) is 0 Å². The average Bonchev–Trinajstić information content (AvgIpc) is 3.04. The summed E-state index contributed by atoms with van der Waals surface area (Å²) in [5.41, 5.74) is 1.24. The lowest BCUT2D eigenvalue weighted by atomic mass is 10.1. The van der Waals surface area contributed by atoms with E-state index in [9.17, 15) is 0 Å². The molecule has 1 aromatic carbocycles. The fourth-order valence-corrected chi connectivity index (χ4v) is 3.56. The van der Waals surface area contributed by atoms with Crippen molar-refractivity contribution in [3.05, 3.63) is 39.6 Å². The molecular formula is C15H16ClN3OS. The van der Waals surface area contributed by atoms with Crippen LogP contribution in [0.2, 0.25) is 5.02 Å². The van der Waals surface area contributed by atoms with Gasteiger partial charge in [0.1, 0.15) is 0 Å². The van der Waals surface area contributed by atoms with Gasteiger partial charge in [0, 0.05) is 10.8 Å². The Balaban J connectivity index is 1.81. The molecule has 1 N–H and O–H groups in total. The van der Waals surface area contributed by atoms with E-state index in [2.05, 4.69) is 28.5 Å². The van der Waals surface area contributed by atoms with Crippen molar-refractivity contribution in [3.8, 4) is 0 Å². The van der Waals surface area contributed by atoms with Crippen LogP contribution in [-0.2, 0) is 6.54 Å². The normalized spacial score (nSPS) is 11.5. The number of nitrogens with zero attached hydrogens (tertiary/aromatic N) is 2. The number of rotatable bonds is 4. The largest absolute Gasteiger partial charge is 0.408 e. The molecule has 0 saturated carbocycles. The summed E-state index contributed by atoms with van der Waals surface area (Å²) in [4.78, 5) is 1.22. The van der Waals surface area contributed by atoms with Gasteiger partial charge in [-0.25, -0.2) is 0 Å². The number of halogens is 1. The van der Waals surface area contributed by atoms with Crippen LogP contribution in [0.25, 0.3) is 10.1 Å². The van der Waals surface area contributed by atoms with Gasteiger partial charge in [0.25, 0.3) is 0 Å². The number of hydrogen-bond donors (Lipinski definition) is 1. The van der Waals surface area contributed by atoms with Crippen molar-refractivity contribution in [2.45, 2.75) is 33.2 Å². The molecule has 0 aliphatic heterocycles. The molecule has 3 aromatic rings. The van der Waals surface area contributed by atoms with Crippen LogP contribution in [0, 0.1) is 6.92 Å². The third kappa shape index (κ3) is 2.76. The summed E-state index contributed by atoms with van der Waals surface area (Å²) in [6, 6.07) is 6.46. The number of fused-ring (bicyclic) bond motifs is 1. The average molecular weight is 322 g/mol. The standard InChI is InChI=1S/C15H16ClN3OS/c1-8(2)14-18-19-15(20-14)17-7-12-9(3)10-5-4-6-11(16)13(10)21-12/h4-6,8H,7H2,1-3H3,(H,17,19). The highest BCUT2D eigenvalue weighted by Gasteiger charge is 2.13. The summed E-state index contributed by atoms with van der Waals surface area (Å²) in [6.07, 6.45) is 0. The first kappa shape index (κ1) is 14.4. The zero-order chi connectivity index (χ0) is 15.0. The highest BCUT2D eigenvalue weighted by molar-refractivity contribution is 7.20. The third-order valence-electron chi connectivity index (χ3n) is 3.35. The van der Waals surface area contributed by atoms with E-state index in [1.807, 2.05) is 26.0 Å². The van der Waals surface area contributed by atoms with Crippen molar-refractivity contribution < 1.29 is 4.42 Å². The van der Waals surface area contributed by atoms with Crippen LogP contribution < -0.4 is 5.32 Å². The van der Waals surface area contributed by atoms with Gasteiger partial charge in [-0.2, -0.15) is 0 Å². The molecule has 0 aliphatic rings. The van der Waals surface area contributed by atoms with Crippen molar-refractivity contribution >= 4 is 39.0 Å². The Hall–Kier alpha value is -1.59. The summed E-state index contributed by atoms with van der Waals surface area (Å²) in [6.45, 7) is 6.81. The zero-order valence-corrected chi connectivity index (χ0v) is 13.7. The van der Waals surface area contributed by atoms with Crippen LogP contribution in [-0.4, -0.2) is 10.2 Å². The van der Waals surface area contributed by atoms with Gasteiger partial charge in [-0.3, -0.25) is 0 Å². The van der Waals surface area contributed by atoms with Gasteiger partial charge >= 0.3 is 6.01 Å². The molecule has 0 bridgehead atoms. The second kappa shape index (κ2) is 5.66. The zero-order valence-electron chi connectivity index (χ0n) is 12.1. The maximum Gasteiger partial charge on any atom is 0.315 e. The first-order valence-electron chi connectivity index (χ1n) is 6.80. The van der Waals surface area contributed by atoms with Crippen LogP contribution in [0.4, 0.5) is 6.01 Å². The van der Waals surface area contributed by atoms with Crippen LogP contribution >= 0.6 is 22.9 Å². The van der Waals surface area contributed by atoms with Gasteiger partial charge in [-0.05, 0) is 23.9 Å². The Morgan fingerprint density at radius 1 is 1.33 bits per heavy atom. The Morgan fingerprint density at radius 2 is 2.14 bits per heavy atom. The third-order valence-corrected chi connectivity index (χ3v) is 5.12. The molecule has 3 rings (SSSR count). The van der Waals surface area contributed by atoms with Crippen molar-refractivity contribution in [1.82, 2.24) is 10.2 Å². The smallest absolute Gasteiger partial charge is 0.315 e. The summed E-state index contributed by atoms with van der Waals surface area (Å²) in [5.74, 6) is 0.881. The second-order valence-corrected chi connectivity index (χ2v) is 6.73. The molecule has 0 radical (unpaired) electrons. The number of benzene rings is 1. The molecule has 6 heteroatoms. The van der Waals surface area contributed by atoms with Crippen molar-refractivity contribution in [3.63, 3.8) is 0 Å². The summed E-state index contributed by atoms with van der Waals surface area (Å²) in [7, 11) is 0. The van der Waals surface area contributed by atoms with Gasteiger partial charge in [0.05, 0.1) is 16.3 Å². The van der Waals surface area contributed by atoms with E-state index in [0.717, 1.165) is 9.72 Å². The fraction of sp³-hybridized carbons (Fsp3) is 0.333. The lowest BCUT2D eigenvalue weighted by Crippen LogP contribution is -1.98. The molecule has 0 unspecified atom stereocenters. The highest BCUT2D eigenvalue weighted by Crippen LogP contribution is 2.35. The lowest BCUT2D eigenvalue weighted by Gasteiger charge is -2.00. The van der Waals surface area contributed by atoms with Gasteiger partial charge in [0.15, 0.2) is 0 Å². The van der Waals surface area contributed by atoms with E-state index < -0.39 is 0 Å². The molecule has 0 amide bonds. The molecule has 0 aliphatic carbocycles. The minimum atomic E-state index is 0.234. The Bertz CT molecular complexity index is 778. The van der Waals surface area contributed by atoms with Crippen LogP contribution in [0.15, 0.2) is 22.6 Å². The fourth-order valence-electron chi connectivity index (χ4n) is 2.12. The Morgan fingerprint density at radius 3 is 2.81 bits per heavy atom. The minimum Gasteiger partial charge on any atom is -0.408 e. The molecule has 0 saturated heterocycles. The number of nitrogens with one attached hydrogen (secondary N) is 1. The van der Waals surface area contributed by atoms with Crippen molar-refractivity contribution in [1.29, 1.82) is 0 Å². The second-order valence-electron chi connectivity index (χ2n) is 5.22. The van der Waals surface area contributed by atoms with Gasteiger partial charge < -0.3 is 9.73 Å². The first-order valence-corrected chi connectivity index (χ1v) is 7.99.